The van der Waals surface area contributed by atoms with E-state index in [-0.39, 0.29) is 24.8 Å². The Bertz CT molecular complexity index is 941. The van der Waals surface area contributed by atoms with E-state index in [1.165, 1.54) is 17.7 Å². The monoisotopic (exact) mass is 473 g/mol. The van der Waals surface area contributed by atoms with Gasteiger partial charge in [0.05, 0.1) is 0 Å². The van der Waals surface area contributed by atoms with Crippen molar-refractivity contribution in [3.63, 3.8) is 0 Å². The summed E-state index contributed by atoms with van der Waals surface area (Å²) in [5.41, 5.74) is 9.56. The average Bonchev–Trinajstić information content (AvgIpc) is 2.92. The second-order valence-electron chi connectivity index (χ2n) is 7.27. The summed E-state index contributed by atoms with van der Waals surface area (Å²) in [7, 11) is -1.30. The molecule has 0 amide bonds. The third-order valence-corrected chi connectivity index (χ3v) is 13.0. The van der Waals surface area contributed by atoms with Crippen molar-refractivity contribution in [3.05, 3.63) is 65.3 Å². The van der Waals surface area contributed by atoms with Gasteiger partial charge < -0.3 is 24.8 Å². The van der Waals surface area contributed by atoms with E-state index >= 15 is 0 Å². The third kappa shape index (κ3) is 2.49. The zero-order valence-electron chi connectivity index (χ0n) is 15.1. The van der Waals surface area contributed by atoms with Crippen LogP contribution in [-0.2, 0) is 24.7 Å². The van der Waals surface area contributed by atoms with E-state index in [4.69, 9.17) is 0 Å². The molecule has 2 aromatic rings. The number of hydrogen-bond acceptors (Lipinski definition) is 0. The maximum Gasteiger partial charge on any atom is -1.00 e. The molecule has 1 heterocycles. The molecule has 26 heavy (non-hydrogen) atoms. The number of rotatable bonds is 3. The number of fused-ring (bicyclic) bond motifs is 4. The first-order valence-corrected chi connectivity index (χ1v) is 12.9. The summed E-state index contributed by atoms with van der Waals surface area (Å²) >= 11 is 1.63. The molecule has 1 aliphatic heterocycles. The van der Waals surface area contributed by atoms with Crippen LogP contribution in [0.2, 0.25) is 12.1 Å². The van der Waals surface area contributed by atoms with Crippen LogP contribution in [0, 0.1) is 0 Å². The first-order chi connectivity index (χ1) is 11.7. The maximum atomic E-state index is 2.61. The fourth-order valence-corrected chi connectivity index (χ4v) is 11.1. The molecule has 0 bridgehead atoms. The third-order valence-electron chi connectivity index (χ3n) is 6.45. The molecule has 0 radical (unpaired) electrons. The predicted octanol–water partition coefficient (Wildman–Crippen LogP) is -1.43. The molecule has 0 saturated carbocycles. The zero-order valence-corrected chi connectivity index (χ0v) is 20.0. The Labute approximate surface area is 184 Å². The van der Waals surface area contributed by atoms with Crippen molar-refractivity contribution in [2.75, 3.05) is 0 Å². The van der Waals surface area contributed by atoms with Gasteiger partial charge in [0.2, 0.25) is 0 Å². The van der Waals surface area contributed by atoms with Gasteiger partial charge in [-0.25, -0.2) is 0 Å². The van der Waals surface area contributed by atoms with Crippen LogP contribution in [0.4, 0.5) is 0 Å². The average molecular weight is 476 g/mol. The molecule has 0 nitrogen and oxygen atoms in total. The van der Waals surface area contributed by atoms with Crippen molar-refractivity contribution in [3.8, 4) is 11.1 Å². The fourth-order valence-electron chi connectivity index (χ4n) is 5.08. The summed E-state index contributed by atoms with van der Waals surface area (Å²) < 4.78 is 0.617. The first kappa shape index (κ1) is 20.3. The van der Waals surface area contributed by atoms with E-state index in [1.807, 2.05) is 5.19 Å². The quantitative estimate of drug-likeness (QED) is 0.478. The van der Waals surface area contributed by atoms with Crippen LogP contribution in [0.1, 0.15) is 40.6 Å². The largest absolute Gasteiger partial charge is 1.00 e. The van der Waals surface area contributed by atoms with E-state index in [0.717, 1.165) is 6.42 Å². The van der Waals surface area contributed by atoms with Crippen molar-refractivity contribution < 1.29 is 49.5 Å². The van der Waals surface area contributed by atoms with Gasteiger partial charge in [0.15, 0.2) is 0 Å². The number of allylic oxidation sites excluding steroid dienone is 4. The van der Waals surface area contributed by atoms with Crippen molar-refractivity contribution in [1.29, 1.82) is 0 Å². The van der Waals surface area contributed by atoms with Gasteiger partial charge in [0.25, 0.3) is 0 Å². The normalized spacial score (nSPS) is 19.7. The molecule has 2 aromatic carbocycles. The van der Waals surface area contributed by atoms with E-state index in [0.29, 0.717) is 3.63 Å². The predicted molar refractivity (Wildman–Crippen MR) is 101 cm³/mol. The van der Waals surface area contributed by atoms with Gasteiger partial charge in [-0.1, -0.05) is 0 Å². The molecular formula is C22H21Cl2SiZr. The van der Waals surface area contributed by atoms with E-state index in [1.54, 1.807) is 57.7 Å². The van der Waals surface area contributed by atoms with E-state index < -0.39 is 8.07 Å². The molecule has 131 valence electrons. The molecule has 0 fully saturated rings. The van der Waals surface area contributed by atoms with Gasteiger partial charge in [-0.05, 0) is 0 Å². The van der Waals surface area contributed by atoms with Crippen LogP contribution in [0.15, 0.2) is 48.6 Å². The molecule has 0 N–H and O–H groups in total. The maximum absolute atomic E-state index is 2.61. The molecule has 1 atom stereocenters. The summed E-state index contributed by atoms with van der Waals surface area (Å²) in [6, 6.07) is 14.5. The molecule has 0 saturated heterocycles. The Kier molecular flexibility index (Phi) is 5.64. The Balaban J connectivity index is 0.000000980. The standard InChI is InChI=1S/C22H21Si.2ClH.Zr/c1-3-23(4-2)20-14-18-17-12-8-7-11-16(17)13-19(18)21(22(20)23)15-9-5-6-10-15;;;/h5-9,11-14H,3-4,10H2,1-2H3;2*1H;/q;;;+2/p-2. The van der Waals surface area contributed by atoms with E-state index in [9.17, 15) is 0 Å². The fraction of sp³-hybridized carbons (Fsp3) is 0.273. The van der Waals surface area contributed by atoms with Gasteiger partial charge in [0.1, 0.15) is 0 Å². The Hall–Kier alpha value is -0.400. The van der Waals surface area contributed by atoms with Crippen LogP contribution in [-0.4, -0.2) is 8.07 Å². The molecule has 2 aliphatic carbocycles. The zero-order chi connectivity index (χ0) is 16.5. The Morgan fingerprint density at radius 2 is 1.81 bits per heavy atom. The summed E-state index contributed by atoms with van der Waals surface area (Å²) in [5, 5.41) is 3.59. The minimum Gasteiger partial charge on any atom is -1.00 e. The van der Waals surface area contributed by atoms with Crippen molar-refractivity contribution in [2.45, 2.75) is 36.0 Å². The number of benzene rings is 2. The van der Waals surface area contributed by atoms with Gasteiger partial charge in [-0.3, -0.25) is 0 Å². The molecular weight excluding hydrogens is 454 g/mol. The summed E-state index contributed by atoms with van der Waals surface area (Å²) in [5.74, 6) is 0. The second-order valence-corrected chi connectivity index (χ2v) is 13.3. The summed E-state index contributed by atoms with van der Waals surface area (Å²) in [6.07, 6.45) is 8.08. The second kappa shape index (κ2) is 7.21. The number of halogens is 2. The molecule has 0 spiro atoms. The summed E-state index contributed by atoms with van der Waals surface area (Å²) in [6.45, 7) is 4.85. The van der Waals surface area contributed by atoms with Gasteiger partial charge in [-0.2, -0.15) is 0 Å². The SMILES string of the molecule is CC[Si]1(CC)c2cc3c(c(C4=CC=CC4)c21)[CH]([Zr+2])c1ccccc1-3.[Cl-].[Cl-]. The van der Waals surface area contributed by atoms with Crippen LogP contribution in [0.3, 0.4) is 0 Å². The Morgan fingerprint density at radius 3 is 2.46 bits per heavy atom. The van der Waals surface area contributed by atoms with Crippen LogP contribution in [0.25, 0.3) is 16.7 Å². The van der Waals surface area contributed by atoms with Crippen molar-refractivity contribution in [2.24, 2.45) is 0 Å². The molecule has 4 heteroatoms. The van der Waals surface area contributed by atoms with Gasteiger partial charge in [-0.15, -0.1) is 0 Å². The minimum atomic E-state index is -1.30. The van der Waals surface area contributed by atoms with Crippen LogP contribution < -0.4 is 35.2 Å². The van der Waals surface area contributed by atoms with Crippen LogP contribution >= 0.6 is 0 Å². The van der Waals surface area contributed by atoms with Crippen LogP contribution in [0.5, 0.6) is 0 Å². The van der Waals surface area contributed by atoms with Gasteiger partial charge in [0, 0.05) is 0 Å². The molecule has 1 unspecified atom stereocenters. The van der Waals surface area contributed by atoms with Gasteiger partial charge >= 0.3 is 161 Å². The molecule has 0 aromatic heterocycles. The summed E-state index contributed by atoms with van der Waals surface area (Å²) in [4.78, 5) is 0. The molecule has 5 rings (SSSR count). The van der Waals surface area contributed by atoms with Crippen molar-refractivity contribution in [1.82, 2.24) is 0 Å². The Morgan fingerprint density at radius 1 is 1.08 bits per heavy atom. The first-order valence-electron chi connectivity index (χ1n) is 9.11. The van der Waals surface area contributed by atoms with Crippen molar-refractivity contribution >= 4 is 24.0 Å². The smallest absolute Gasteiger partial charge is 1.00 e. The minimum absolute atomic E-state index is 0. The molecule has 3 aliphatic rings. The van der Waals surface area contributed by atoms with E-state index in [2.05, 4.69) is 62.4 Å². The number of hydrogen-bond donors (Lipinski definition) is 0. The topological polar surface area (TPSA) is 0 Å².